The number of hydrogen-bond donors (Lipinski definition) is 0. The minimum Gasteiger partial charge on any atom is -0.352 e. The number of benzene rings is 1. The number of anilines is 1. The van der Waals surface area contributed by atoms with Crippen LogP contribution in [0.25, 0.3) is 10.2 Å². The van der Waals surface area contributed by atoms with Gasteiger partial charge in [-0.3, -0.25) is 10.1 Å². The van der Waals surface area contributed by atoms with E-state index in [0.29, 0.717) is 0 Å². The van der Waals surface area contributed by atoms with E-state index in [4.69, 9.17) is 0 Å². The first-order valence-electron chi connectivity index (χ1n) is 7.72. The summed E-state index contributed by atoms with van der Waals surface area (Å²) >= 11 is 1.68. The Morgan fingerprint density at radius 3 is 2.83 bits per heavy atom. The van der Waals surface area contributed by atoms with Crippen LogP contribution in [-0.2, 0) is 6.42 Å². The Balaban J connectivity index is 1.99. The largest absolute Gasteiger partial charge is 0.352 e. The summed E-state index contributed by atoms with van der Waals surface area (Å²) < 4.78 is 0. The average molecular weight is 342 g/mol. The van der Waals surface area contributed by atoms with Crippen LogP contribution in [0.15, 0.2) is 36.7 Å². The smallest absolute Gasteiger partial charge is 0.269 e. The maximum Gasteiger partial charge on any atom is 0.269 e. The van der Waals surface area contributed by atoms with Crippen molar-refractivity contribution in [2.24, 2.45) is 0 Å². The maximum absolute atomic E-state index is 11.0. The topological polar surface area (TPSA) is 72.2 Å². The van der Waals surface area contributed by atoms with Crippen LogP contribution in [0.5, 0.6) is 0 Å². The molecule has 0 aliphatic heterocycles. The third kappa shape index (κ3) is 2.94. The third-order valence-corrected chi connectivity index (χ3v) is 5.37. The summed E-state index contributed by atoms with van der Waals surface area (Å²) in [6, 6.07) is 8.82. The van der Waals surface area contributed by atoms with Gasteiger partial charge in [-0.15, -0.1) is 11.3 Å². The first-order chi connectivity index (χ1) is 11.5. The molecule has 0 spiro atoms. The normalized spacial score (nSPS) is 12.3. The summed E-state index contributed by atoms with van der Waals surface area (Å²) in [7, 11) is 1.95. The summed E-state index contributed by atoms with van der Waals surface area (Å²) in [6.07, 6.45) is 2.54. The molecule has 0 amide bonds. The minimum absolute atomic E-state index is 0.0482. The van der Waals surface area contributed by atoms with E-state index in [0.717, 1.165) is 28.0 Å². The maximum atomic E-state index is 11.0. The number of thiophene rings is 1. The molecule has 6 nitrogen and oxygen atoms in total. The number of fused-ring (bicyclic) bond motifs is 1. The van der Waals surface area contributed by atoms with E-state index in [2.05, 4.69) is 23.0 Å². The second-order valence-electron chi connectivity index (χ2n) is 5.62. The second kappa shape index (κ2) is 6.52. The van der Waals surface area contributed by atoms with Gasteiger partial charge in [-0.25, -0.2) is 9.97 Å². The number of rotatable bonds is 5. The van der Waals surface area contributed by atoms with E-state index in [-0.39, 0.29) is 16.7 Å². The van der Waals surface area contributed by atoms with Gasteiger partial charge in [0, 0.05) is 24.1 Å². The van der Waals surface area contributed by atoms with Gasteiger partial charge in [-0.2, -0.15) is 0 Å². The highest BCUT2D eigenvalue weighted by molar-refractivity contribution is 7.18. The molecule has 0 aliphatic rings. The molecule has 3 rings (SSSR count). The molecule has 2 aromatic heterocycles. The predicted octanol–water partition coefficient (Wildman–Crippen LogP) is 4.36. The van der Waals surface area contributed by atoms with E-state index in [1.54, 1.807) is 29.8 Å². The lowest BCUT2D eigenvalue weighted by atomic mass is 10.1. The Labute approximate surface area is 143 Å². The van der Waals surface area contributed by atoms with Crippen molar-refractivity contribution >= 4 is 33.1 Å². The number of nitro benzene ring substituents is 1. The number of non-ortho nitro benzene ring substituents is 1. The second-order valence-corrected chi connectivity index (χ2v) is 6.74. The lowest BCUT2D eigenvalue weighted by Gasteiger charge is -2.26. The molecule has 0 saturated carbocycles. The molecule has 1 atom stereocenters. The van der Waals surface area contributed by atoms with Crippen LogP contribution >= 0.6 is 11.3 Å². The summed E-state index contributed by atoms with van der Waals surface area (Å²) in [5.41, 5.74) is 0.980. The molecule has 0 bridgehead atoms. The first kappa shape index (κ1) is 16.3. The van der Waals surface area contributed by atoms with Crippen LogP contribution in [0.4, 0.5) is 11.5 Å². The van der Waals surface area contributed by atoms with Crippen LogP contribution in [0, 0.1) is 10.1 Å². The zero-order valence-corrected chi connectivity index (χ0v) is 14.6. The van der Waals surface area contributed by atoms with Crippen molar-refractivity contribution in [3.05, 3.63) is 57.2 Å². The van der Waals surface area contributed by atoms with Gasteiger partial charge in [0.1, 0.15) is 17.0 Å². The fourth-order valence-corrected chi connectivity index (χ4v) is 3.58. The number of nitrogens with zero attached hydrogens (tertiary/aromatic N) is 4. The molecule has 2 heterocycles. The van der Waals surface area contributed by atoms with E-state index in [9.17, 15) is 10.1 Å². The molecule has 0 N–H and O–H groups in total. The van der Waals surface area contributed by atoms with Gasteiger partial charge in [0.2, 0.25) is 0 Å². The van der Waals surface area contributed by atoms with Gasteiger partial charge < -0.3 is 4.90 Å². The van der Waals surface area contributed by atoms with Crippen molar-refractivity contribution in [2.75, 3.05) is 11.9 Å². The number of hydrogen-bond acceptors (Lipinski definition) is 6. The van der Waals surface area contributed by atoms with Crippen molar-refractivity contribution in [1.29, 1.82) is 0 Å². The zero-order valence-electron chi connectivity index (χ0n) is 13.8. The molecule has 7 heteroatoms. The molecule has 0 radical (unpaired) electrons. The van der Waals surface area contributed by atoms with E-state index in [1.165, 1.54) is 10.9 Å². The monoisotopic (exact) mass is 342 g/mol. The van der Waals surface area contributed by atoms with Gasteiger partial charge in [-0.05, 0) is 25.0 Å². The molecule has 124 valence electrons. The van der Waals surface area contributed by atoms with E-state index >= 15 is 0 Å². The van der Waals surface area contributed by atoms with Crippen LogP contribution in [0.2, 0.25) is 0 Å². The lowest BCUT2D eigenvalue weighted by Crippen LogP contribution is -2.23. The van der Waals surface area contributed by atoms with Gasteiger partial charge in [0.05, 0.1) is 16.4 Å². The average Bonchev–Trinajstić information content (AvgIpc) is 3.03. The van der Waals surface area contributed by atoms with Crippen molar-refractivity contribution in [3.8, 4) is 0 Å². The van der Waals surface area contributed by atoms with Crippen molar-refractivity contribution in [3.63, 3.8) is 0 Å². The summed E-state index contributed by atoms with van der Waals surface area (Å²) in [5, 5.41) is 12.0. The van der Waals surface area contributed by atoms with Crippen LogP contribution in [0.1, 0.15) is 30.3 Å². The molecule has 0 fully saturated rings. The van der Waals surface area contributed by atoms with Crippen LogP contribution in [0.3, 0.4) is 0 Å². The highest BCUT2D eigenvalue weighted by atomic mass is 32.1. The molecule has 0 saturated heterocycles. The Hall–Kier alpha value is -2.54. The standard InChI is InChI=1S/C17H18N4O2S/c1-4-14-9-15-16(18-10-19-17(15)24-14)20(3)11(2)12-6-5-7-13(8-12)21(22)23/h5-11H,4H2,1-3H3/t11-/m0/s1. The van der Waals surface area contributed by atoms with Crippen LogP contribution < -0.4 is 4.90 Å². The Morgan fingerprint density at radius 2 is 2.12 bits per heavy atom. The van der Waals surface area contributed by atoms with Gasteiger partial charge >= 0.3 is 0 Å². The van der Waals surface area contributed by atoms with Gasteiger partial charge in [0.25, 0.3) is 5.69 Å². The highest BCUT2D eigenvalue weighted by Crippen LogP contribution is 2.34. The number of aryl methyl sites for hydroxylation is 1. The molecule has 0 unspecified atom stereocenters. The SMILES string of the molecule is CCc1cc2c(N(C)[C@@H](C)c3cccc([N+](=O)[O-])c3)ncnc2s1. The summed E-state index contributed by atoms with van der Waals surface area (Å²) in [6.45, 7) is 4.13. The van der Waals surface area contributed by atoms with Gasteiger partial charge in [0.15, 0.2) is 0 Å². The van der Waals surface area contributed by atoms with Crippen molar-refractivity contribution in [1.82, 2.24) is 9.97 Å². The Morgan fingerprint density at radius 1 is 1.33 bits per heavy atom. The quantitative estimate of drug-likeness (QED) is 0.509. The molecule has 0 aliphatic carbocycles. The first-order valence-corrected chi connectivity index (χ1v) is 8.53. The molecule has 3 aromatic rings. The Bertz CT molecular complexity index is 893. The molecule has 24 heavy (non-hydrogen) atoms. The predicted molar refractivity (Wildman–Crippen MR) is 96.7 cm³/mol. The summed E-state index contributed by atoms with van der Waals surface area (Å²) in [5.74, 6) is 0.843. The van der Waals surface area contributed by atoms with Crippen LogP contribution in [-0.4, -0.2) is 21.9 Å². The van der Waals surface area contributed by atoms with E-state index < -0.39 is 0 Å². The molecular weight excluding hydrogens is 324 g/mol. The fourth-order valence-electron chi connectivity index (χ4n) is 2.65. The molecular formula is C17H18N4O2S. The highest BCUT2D eigenvalue weighted by Gasteiger charge is 2.19. The minimum atomic E-state index is -0.370. The van der Waals surface area contributed by atoms with Gasteiger partial charge in [-0.1, -0.05) is 19.1 Å². The summed E-state index contributed by atoms with van der Waals surface area (Å²) in [4.78, 5) is 23.7. The van der Waals surface area contributed by atoms with E-state index in [1.807, 2.05) is 24.9 Å². The molecule has 1 aromatic carbocycles. The van der Waals surface area contributed by atoms with Crippen molar-refractivity contribution < 1.29 is 4.92 Å². The zero-order chi connectivity index (χ0) is 17.3. The fraction of sp³-hybridized carbons (Fsp3) is 0.294. The number of aromatic nitrogens is 2. The number of nitro groups is 1. The lowest BCUT2D eigenvalue weighted by molar-refractivity contribution is -0.384. The third-order valence-electron chi connectivity index (χ3n) is 4.19. The van der Waals surface area contributed by atoms with Crippen molar-refractivity contribution in [2.45, 2.75) is 26.3 Å². The Kier molecular flexibility index (Phi) is 4.44.